The highest BCUT2D eigenvalue weighted by atomic mass is 16.5. The van der Waals surface area contributed by atoms with Crippen molar-refractivity contribution in [1.82, 2.24) is 19.6 Å². The second-order valence-electron chi connectivity index (χ2n) is 8.39. The smallest absolute Gasteiger partial charge is 0.161 e. The zero-order chi connectivity index (χ0) is 24.5. The van der Waals surface area contributed by atoms with Gasteiger partial charge >= 0.3 is 0 Å². The fourth-order valence-corrected chi connectivity index (χ4v) is 3.80. The summed E-state index contributed by atoms with van der Waals surface area (Å²) in [4.78, 5) is 20.0. The van der Waals surface area contributed by atoms with Crippen LogP contribution in [0.1, 0.15) is 21.5 Å². The Hall–Kier alpha value is -2.85. The van der Waals surface area contributed by atoms with Crippen molar-refractivity contribution in [3.05, 3.63) is 47.0 Å². The van der Waals surface area contributed by atoms with E-state index in [1.807, 2.05) is 19.1 Å². The predicted octanol–water partition coefficient (Wildman–Crippen LogP) is 2.50. The van der Waals surface area contributed by atoms with Crippen LogP contribution in [0.2, 0.25) is 0 Å². The van der Waals surface area contributed by atoms with Crippen molar-refractivity contribution in [2.24, 2.45) is 0 Å². The summed E-state index contributed by atoms with van der Waals surface area (Å²) < 4.78 is 9.74. The van der Waals surface area contributed by atoms with Crippen LogP contribution >= 0.6 is 0 Å². The van der Waals surface area contributed by atoms with Gasteiger partial charge in [0.25, 0.3) is 0 Å². The standard InChI is InChI=1S/C9H10O3.C8H10O2.C7H16N4/c1-6-3-7(5-10)4-8(12-2)9(6)11;1-6-4-3-5-7(10-2)8(6)9;1-8-3-10-5-9(2)6-11(4-8)7-10/h3-5,11H,1-2H3;3-5,9H,1-2H3;3-7H2,1-2H3. The van der Waals surface area contributed by atoms with Crippen molar-refractivity contribution in [2.75, 3.05) is 61.7 Å². The zero-order valence-electron chi connectivity index (χ0n) is 20.4. The van der Waals surface area contributed by atoms with E-state index in [2.05, 4.69) is 33.7 Å². The molecule has 0 saturated carbocycles. The summed E-state index contributed by atoms with van der Waals surface area (Å²) in [6.07, 6.45) is 0.717. The largest absolute Gasteiger partial charge is 0.504 e. The van der Waals surface area contributed by atoms with E-state index in [0.717, 1.165) is 45.2 Å². The van der Waals surface area contributed by atoms with Gasteiger partial charge in [0.2, 0.25) is 0 Å². The van der Waals surface area contributed by atoms with Crippen molar-refractivity contribution < 1.29 is 24.5 Å². The lowest BCUT2D eigenvalue weighted by atomic mass is 10.1. The average molecular weight is 461 g/mol. The van der Waals surface area contributed by atoms with E-state index < -0.39 is 0 Å². The molecule has 4 rings (SSSR count). The number of nitrogens with zero attached hydrogens (tertiary/aromatic N) is 4. The maximum absolute atomic E-state index is 10.4. The minimum atomic E-state index is 0.0862. The van der Waals surface area contributed by atoms with Crippen LogP contribution in [0.3, 0.4) is 0 Å². The lowest BCUT2D eigenvalue weighted by Gasteiger charge is -2.47. The number of fused-ring (bicyclic) bond motifs is 2. The number of aldehydes is 1. The van der Waals surface area contributed by atoms with Gasteiger partial charge in [-0.15, -0.1) is 0 Å². The van der Waals surface area contributed by atoms with Gasteiger partial charge in [-0.2, -0.15) is 0 Å². The number of hydrogen-bond donors (Lipinski definition) is 2. The molecular weight excluding hydrogens is 424 g/mol. The normalized spacial score (nSPS) is 19.9. The van der Waals surface area contributed by atoms with Gasteiger partial charge < -0.3 is 19.7 Å². The number of methoxy groups -OCH3 is 2. The molecule has 0 amide bonds. The number of aryl methyl sites for hydroxylation is 2. The van der Waals surface area contributed by atoms with Crippen molar-refractivity contribution in [1.29, 1.82) is 0 Å². The Bertz CT molecular complexity index is 890. The summed E-state index contributed by atoms with van der Waals surface area (Å²) in [5, 5.41) is 18.6. The minimum absolute atomic E-state index is 0.0862. The van der Waals surface area contributed by atoms with Gasteiger partial charge in [-0.25, -0.2) is 0 Å². The molecule has 0 aromatic heterocycles. The first-order chi connectivity index (χ1) is 15.7. The molecule has 0 aliphatic carbocycles. The van der Waals surface area contributed by atoms with Gasteiger partial charge in [-0.1, -0.05) is 12.1 Å². The first kappa shape index (κ1) is 26.4. The van der Waals surface area contributed by atoms with Crippen molar-refractivity contribution in [3.63, 3.8) is 0 Å². The van der Waals surface area contributed by atoms with E-state index in [0.29, 0.717) is 22.6 Å². The number of ether oxygens (including phenoxy) is 2. The lowest BCUT2D eigenvalue weighted by molar-refractivity contribution is -0.105. The molecule has 2 fully saturated rings. The van der Waals surface area contributed by atoms with Gasteiger partial charge in [0.05, 0.1) is 47.6 Å². The van der Waals surface area contributed by atoms with Crippen LogP contribution in [0.15, 0.2) is 30.3 Å². The van der Waals surface area contributed by atoms with Gasteiger partial charge in [0, 0.05) is 5.56 Å². The molecule has 33 heavy (non-hydrogen) atoms. The van der Waals surface area contributed by atoms with E-state index >= 15 is 0 Å². The molecule has 0 atom stereocenters. The predicted molar refractivity (Wildman–Crippen MR) is 128 cm³/mol. The SMILES string of the molecule is CN1CN2CN(C)CN(C1)C2.COc1cc(C=O)cc(C)c1O.COc1cccc(C)c1O. The maximum atomic E-state index is 10.4. The summed E-state index contributed by atoms with van der Waals surface area (Å²) in [6.45, 7) is 9.14. The molecule has 2 N–H and O–H groups in total. The molecule has 0 spiro atoms. The van der Waals surface area contributed by atoms with Crippen molar-refractivity contribution in [2.45, 2.75) is 13.8 Å². The first-order valence-corrected chi connectivity index (χ1v) is 10.7. The quantitative estimate of drug-likeness (QED) is 0.671. The number of phenols is 2. The molecule has 2 saturated heterocycles. The second-order valence-corrected chi connectivity index (χ2v) is 8.39. The Morgan fingerprint density at radius 3 is 1.76 bits per heavy atom. The molecule has 2 bridgehead atoms. The van der Waals surface area contributed by atoms with E-state index in [1.165, 1.54) is 20.3 Å². The Balaban J connectivity index is 0.000000176. The Morgan fingerprint density at radius 1 is 0.788 bits per heavy atom. The zero-order valence-corrected chi connectivity index (χ0v) is 20.4. The van der Waals surface area contributed by atoms with Gasteiger partial charge in [-0.05, 0) is 57.3 Å². The molecule has 2 aliphatic rings. The monoisotopic (exact) mass is 460 g/mol. The summed E-state index contributed by atoms with van der Waals surface area (Å²) in [5.41, 5.74) is 1.97. The number of para-hydroxylation sites is 1. The fourth-order valence-electron chi connectivity index (χ4n) is 3.80. The Kier molecular flexibility index (Phi) is 9.93. The third-order valence-corrected chi connectivity index (χ3v) is 5.23. The molecule has 2 aromatic carbocycles. The Labute approximate surface area is 196 Å². The van der Waals surface area contributed by atoms with E-state index in [1.54, 1.807) is 19.1 Å². The maximum Gasteiger partial charge on any atom is 0.161 e. The number of hydrogen-bond acceptors (Lipinski definition) is 9. The highest BCUT2D eigenvalue weighted by molar-refractivity contribution is 5.77. The molecule has 0 radical (unpaired) electrons. The Morgan fingerprint density at radius 2 is 1.30 bits per heavy atom. The molecular formula is C24H36N4O5. The first-order valence-electron chi connectivity index (χ1n) is 10.7. The third-order valence-electron chi connectivity index (χ3n) is 5.23. The number of rotatable bonds is 3. The van der Waals surface area contributed by atoms with Gasteiger partial charge in [0.15, 0.2) is 23.0 Å². The highest BCUT2D eigenvalue weighted by Crippen LogP contribution is 2.30. The minimum Gasteiger partial charge on any atom is -0.504 e. The summed E-state index contributed by atoms with van der Waals surface area (Å²) in [6, 6.07) is 8.49. The van der Waals surface area contributed by atoms with Crippen LogP contribution in [-0.4, -0.2) is 97.8 Å². The van der Waals surface area contributed by atoms with Crippen molar-refractivity contribution in [3.8, 4) is 23.0 Å². The molecule has 182 valence electrons. The fraction of sp³-hybridized carbons (Fsp3) is 0.458. The van der Waals surface area contributed by atoms with Crippen LogP contribution < -0.4 is 9.47 Å². The van der Waals surface area contributed by atoms with Crippen LogP contribution in [-0.2, 0) is 0 Å². The molecule has 2 aliphatic heterocycles. The number of aromatic hydroxyl groups is 2. The summed E-state index contributed by atoms with van der Waals surface area (Å²) in [5.74, 6) is 1.17. The van der Waals surface area contributed by atoms with Gasteiger partial charge in [-0.3, -0.25) is 24.4 Å². The number of carbonyl (C=O) groups is 1. The molecule has 2 heterocycles. The van der Waals surface area contributed by atoms with Crippen molar-refractivity contribution >= 4 is 6.29 Å². The lowest BCUT2D eigenvalue weighted by Crippen LogP contribution is -2.62. The van der Waals surface area contributed by atoms with Crippen LogP contribution in [0.25, 0.3) is 0 Å². The molecule has 2 aromatic rings. The topological polar surface area (TPSA) is 89.0 Å². The molecule has 0 unspecified atom stereocenters. The van der Waals surface area contributed by atoms with Crippen LogP contribution in [0, 0.1) is 13.8 Å². The summed E-state index contributed by atoms with van der Waals surface area (Å²) >= 11 is 0. The van der Waals surface area contributed by atoms with Crippen LogP contribution in [0.5, 0.6) is 23.0 Å². The second kappa shape index (κ2) is 12.4. The highest BCUT2D eigenvalue weighted by Gasteiger charge is 2.26. The van der Waals surface area contributed by atoms with E-state index in [9.17, 15) is 15.0 Å². The van der Waals surface area contributed by atoms with Crippen LogP contribution in [0.4, 0.5) is 0 Å². The van der Waals surface area contributed by atoms with E-state index in [4.69, 9.17) is 9.47 Å². The van der Waals surface area contributed by atoms with Gasteiger partial charge in [0.1, 0.15) is 6.29 Å². The molecule has 9 nitrogen and oxygen atoms in total. The molecule has 9 heteroatoms. The number of carbonyl (C=O) groups excluding carboxylic acids is 1. The average Bonchev–Trinajstić information content (AvgIpc) is 2.77. The number of benzene rings is 2. The summed E-state index contributed by atoms with van der Waals surface area (Å²) in [7, 11) is 7.33. The van der Waals surface area contributed by atoms with E-state index in [-0.39, 0.29) is 11.5 Å². The third kappa shape index (κ3) is 7.61. The number of phenolic OH excluding ortho intramolecular Hbond substituents is 2.